The molecule has 0 radical (unpaired) electrons. The third-order valence-corrected chi connectivity index (χ3v) is 2.84. The highest BCUT2D eigenvalue weighted by Gasteiger charge is 1.94. The van der Waals surface area contributed by atoms with E-state index in [0.717, 1.165) is 5.92 Å². The van der Waals surface area contributed by atoms with Crippen molar-refractivity contribution < 1.29 is 0 Å². The molecule has 0 atom stereocenters. The number of nitrogens with one attached hydrogen (secondary N) is 1. The minimum atomic E-state index is 0.881. The van der Waals surface area contributed by atoms with Crippen LogP contribution >= 0.6 is 0 Å². The Morgan fingerprint density at radius 1 is 0.800 bits per heavy atom. The van der Waals surface area contributed by atoms with Gasteiger partial charge in [-0.05, 0) is 31.8 Å². The van der Waals surface area contributed by atoms with Gasteiger partial charge in [0.25, 0.3) is 0 Å². The van der Waals surface area contributed by atoms with Crippen molar-refractivity contribution in [1.82, 2.24) is 5.32 Å². The van der Waals surface area contributed by atoms with Crippen molar-refractivity contribution in [3.63, 3.8) is 0 Å². The molecule has 0 fully saturated rings. The second-order valence-corrected chi connectivity index (χ2v) is 5.05. The van der Waals surface area contributed by atoms with E-state index in [1.807, 2.05) is 0 Å². The van der Waals surface area contributed by atoms with Crippen molar-refractivity contribution in [1.29, 1.82) is 0 Å². The smallest absolute Gasteiger partial charge is 0.00489 e. The fourth-order valence-electron chi connectivity index (χ4n) is 1.78. The summed E-state index contributed by atoms with van der Waals surface area (Å²) in [5.41, 5.74) is 0. The first-order valence-electron chi connectivity index (χ1n) is 6.98. The van der Waals surface area contributed by atoms with Crippen molar-refractivity contribution in [2.24, 2.45) is 5.92 Å². The maximum absolute atomic E-state index is 3.53. The summed E-state index contributed by atoms with van der Waals surface area (Å²) in [5, 5.41) is 3.53. The minimum absolute atomic E-state index is 0.881. The van der Waals surface area contributed by atoms with Gasteiger partial charge in [-0.15, -0.1) is 0 Å². The highest BCUT2D eigenvalue weighted by atomic mass is 14.8. The van der Waals surface area contributed by atoms with E-state index in [4.69, 9.17) is 0 Å². The Labute approximate surface area is 97.0 Å². The summed E-state index contributed by atoms with van der Waals surface area (Å²) in [7, 11) is 0. The molecule has 0 rings (SSSR count). The van der Waals surface area contributed by atoms with Crippen LogP contribution in [0.5, 0.6) is 0 Å². The molecular weight excluding hydrogens is 182 g/mol. The Morgan fingerprint density at radius 3 is 1.93 bits per heavy atom. The molecule has 1 nitrogen and oxygen atoms in total. The van der Waals surface area contributed by atoms with Crippen LogP contribution in [0.1, 0.15) is 72.1 Å². The molecule has 0 unspecified atom stereocenters. The lowest BCUT2D eigenvalue weighted by atomic mass is 10.1. The third kappa shape index (κ3) is 14.0. The van der Waals surface area contributed by atoms with Gasteiger partial charge in [-0.1, -0.05) is 59.3 Å². The summed E-state index contributed by atoms with van der Waals surface area (Å²) in [5.74, 6) is 0.881. The molecule has 0 bridgehead atoms. The summed E-state index contributed by atoms with van der Waals surface area (Å²) in [6.45, 7) is 9.34. The monoisotopic (exact) mass is 213 g/mol. The van der Waals surface area contributed by atoms with Crippen molar-refractivity contribution >= 4 is 0 Å². The van der Waals surface area contributed by atoms with Crippen LogP contribution in [0.15, 0.2) is 0 Å². The lowest BCUT2D eigenvalue weighted by Crippen LogP contribution is -2.16. The normalized spacial score (nSPS) is 11.2. The molecule has 0 saturated heterocycles. The van der Waals surface area contributed by atoms with Gasteiger partial charge in [-0.3, -0.25) is 0 Å². The van der Waals surface area contributed by atoms with Gasteiger partial charge >= 0.3 is 0 Å². The van der Waals surface area contributed by atoms with Gasteiger partial charge in [-0.2, -0.15) is 0 Å². The van der Waals surface area contributed by atoms with Gasteiger partial charge in [0.1, 0.15) is 0 Å². The van der Waals surface area contributed by atoms with Crippen LogP contribution < -0.4 is 5.32 Å². The Morgan fingerprint density at radius 2 is 1.40 bits per heavy atom. The average Bonchev–Trinajstić information content (AvgIpc) is 2.20. The van der Waals surface area contributed by atoms with Gasteiger partial charge in [-0.25, -0.2) is 0 Å². The van der Waals surface area contributed by atoms with Crippen LogP contribution in [0, 0.1) is 5.92 Å². The third-order valence-electron chi connectivity index (χ3n) is 2.84. The zero-order valence-electron chi connectivity index (χ0n) is 11.1. The molecule has 1 N–H and O–H groups in total. The molecule has 0 aliphatic rings. The zero-order chi connectivity index (χ0) is 11.4. The maximum Gasteiger partial charge on any atom is -0.00489 e. The van der Waals surface area contributed by atoms with Crippen LogP contribution in [0.3, 0.4) is 0 Å². The quantitative estimate of drug-likeness (QED) is 0.502. The molecule has 0 saturated carbocycles. The molecule has 15 heavy (non-hydrogen) atoms. The standard InChI is InChI=1S/C14H31N/c1-4-5-6-9-12-15-13-10-7-8-11-14(2)3/h14-15H,4-13H2,1-3H3. The van der Waals surface area contributed by atoms with E-state index in [0.29, 0.717) is 0 Å². The number of hydrogen-bond donors (Lipinski definition) is 1. The first-order chi connectivity index (χ1) is 7.27. The lowest BCUT2D eigenvalue weighted by Gasteiger charge is -2.05. The zero-order valence-corrected chi connectivity index (χ0v) is 11.1. The number of unbranched alkanes of at least 4 members (excludes halogenated alkanes) is 5. The SMILES string of the molecule is CCCCCCNCCCCCC(C)C. The molecule has 92 valence electrons. The van der Waals surface area contributed by atoms with E-state index in [9.17, 15) is 0 Å². The Balaban J connectivity index is 2.87. The molecule has 0 aromatic rings. The first kappa shape index (κ1) is 15.0. The molecule has 0 aliphatic carbocycles. The van der Waals surface area contributed by atoms with E-state index >= 15 is 0 Å². The summed E-state index contributed by atoms with van der Waals surface area (Å²) >= 11 is 0. The minimum Gasteiger partial charge on any atom is -0.317 e. The molecule has 0 aromatic carbocycles. The van der Waals surface area contributed by atoms with Crippen molar-refractivity contribution in [2.75, 3.05) is 13.1 Å². The van der Waals surface area contributed by atoms with Crippen LogP contribution in [0.2, 0.25) is 0 Å². The molecule has 0 heterocycles. The van der Waals surface area contributed by atoms with Crippen molar-refractivity contribution in [3.05, 3.63) is 0 Å². The van der Waals surface area contributed by atoms with E-state index in [1.54, 1.807) is 0 Å². The molecule has 0 aliphatic heterocycles. The Kier molecular flexibility index (Phi) is 12.0. The molecule has 1 heteroatoms. The van der Waals surface area contributed by atoms with Gasteiger partial charge in [0.15, 0.2) is 0 Å². The van der Waals surface area contributed by atoms with E-state index < -0.39 is 0 Å². The highest BCUT2D eigenvalue weighted by Crippen LogP contribution is 2.07. The van der Waals surface area contributed by atoms with E-state index in [2.05, 4.69) is 26.1 Å². The number of rotatable bonds is 11. The van der Waals surface area contributed by atoms with Crippen LogP contribution in [0.25, 0.3) is 0 Å². The summed E-state index contributed by atoms with van der Waals surface area (Å²) in [4.78, 5) is 0. The fraction of sp³-hybridized carbons (Fsp3) is 1.00. The maximum atomic E-state index is 3.53. The predicted molar refractivity (Wildman–Crippen MR) is 70.3 cm³/mol. The van der Waals surface area contributed by atoms with E-state index in [-0.39, 0.29) is 0 Å². The largest absolute Gasteiger partial charge is 0.317 e. The Hall–Kier alpha value is -0.0400. The topological polar surface area (TPSA) is 12.0 Å². The Bertz CT molecular complexity index is 110. The van der Waals surface area contributed by atoms with Crippen LogP contribution in [-0.4, -0.2) is 13.1 Å². The predicted octanol–water partition coefficient (Wildman–Crippen LogP) is 4.37. The summed E-state index contributed by atoms with van der Waals surface area (Å²) < 4.78 is 0. The summed E-state index contributed by atoms with van der Waals surface area (Å²) in [6.07, 6.45) is 11.1. The fourth-order valence-corrected chi connectivity index (χ4v) is 1.78. The molecular formula is C14H31N. The van der Waals surface area contributed by atoms with Gasteiger partial charge in [0.2, 0.25) is 0 Å². The van der Waals surface area contributed by atoms with Gasteiger partial charge < -0.3 is 5.32 Å². The molecule has 0 spiro atoms. The van der Waals surface area contributed by atoms with Gasteiger partial charge in [0, 0.05) is 0 Å². The molecule has 0 amide bonds. The van der Waals surface area contributed by atoms with Crippen LogP contribution in [-0.2, 0) is 0 Å². The number of hydrogen-bond acceptors (Lipinski definition) is 1. The molecule has 0 aromatic heterocycles. The van der Waals surface area contributed by atoms with E-state index in [1.165, 1.54) is 64.5 Å². The lowest BCUT2D eigenvalue weighted by molar-refractivity contribution is 0.511. The van der Waals surface area contributed by atoms with Crippen LogP contribution in [0.4, 0.5) is 0 Å². The van der Waals surface area contributed by atoms with Gasteiger partial charge in [0.05, 0.1) is 0 Å². The second kappa shape index (κ2) is 12.0. The first-order valence-corrected chi connectivity index (χ1v) is 6.98. The van der Waals surface area contributed by atoms with Crippen molar-refractivity contribution in [2.45, 2.75) is 72.1 Å². The highest BCUT2D eigenvalue weighted by molar-refractivity contribution is 4.51. The second-order valence-electron chi connectivity index (χ2n) is 5.05. The summed E-state index contributed by atoms with van der Waals surface area (Å²) in [6, 6.07) is 0. The van der Waals surface area contributed by atoms with Crippen molar-refractivity contribution in [3.8, 4) is 0 Å². The average molecular weight is 213 g/mol.